The molecule has 2 rings (SSSR count). The van der Waals surface area contributed by atoms with Gasteiger partial charge >= 0.3 is 0 Å². The van der Waals surface area contributed by atoms with Crippen LogP contribution in [0.1, 0.15) is 59.3 Å². The van der Waals surface area contributed by atoms with Crippen molar-refractivity contribution in [2.45, 2.75) is 65.4 Å². The van der Waals surface area contributed by atoms with Crippen LogP contribution in [0, 0.1) is 5.92 Å². The second-order valence-electron chi connectivity index (χ2n) is 8.47. The molecule has 0 bridgehead atoms. The normalized spacial score (nSPS) is 22.0. The van der Waals surface area contributed by atoms with Crippen molar-refractivity contribution in [3.63, 3.8) is 0 Å². The number of piperazine rings is 1. The monoisotopic (exact) mass is 395 g/mol. The first-order valence-corrected chi connectivity index (χ1v) is 11.8. The Kier molecular flexibility index (Phi) is 11.9. The number of rotatable bonds is 10. The maximum absolute atomic E-state index is 6.08. The van der Waals surface area contributed by atoms with Crippen molar-refractivity contribution in [3.05, 3.63) is 0 Å². The van der Waals surface area contributed by atoms with Gasteiger partial charge in [-0.1, -0.05) is 39.5 Å². The van der Waals surface area contributed by atoms with Crippen LogP contribution < -0.4 is 10.6 Å². The van der Waals surface area contributed by atoms with Gasteiger partial charge in [0, 0.05) is 52.4 Å². The van der Waals surface area contributed by atoms with E-state index >= 15 is 0 Å². The van der Waals surface area contributed by atoms with Crippen molar-refractivity contribution in [1.82, 2.24) is 20.4 Å². The minimum atomic E-state index is 0.469. The minimum Gasteiger partial charge on any atom is -0.376 e. The molecule has 0 radical (unpaired) electrons. The summed E-state index contributed by atoms with van der Waals surface area (Å²) >= 11 is 0. The summed E-state index contributed by atoms with van der Waals surface area (Å²) in [6.45, 7) is 17.2. The molecule has 28 heavy (non-hydrogen) atoms. The predicted molar refractivity (Wildman–Crippen MR) is 119 cm³/mol. The molecule has 2 aliphatic rings. The molecule has 1 aliphatic carbocycles. The first-order chi connectivity index (χ1) is 13.7. The molecule has 6 heteroatoms. The second-order valence-corrected chi connectivity index (χ2v) is 8.47. The lowest BCUT2D eigenvalue weighted by Crippen LogP contribution is -2.47. The van der Waals surface area contributed by atoms with E-state index in [0.717, 1.165) is 38.7 Å². The van der Waals surface area contributed by atoms with Crippen LogP contribution in [0.25, 0.3) is 0 Å². The molecule has 0 aromatic heterocycles. The fourth-order valence-corrected chi connectivity index (χ4v) is 4.18. The zero-order valence-corrected chi connectivity index (χ0v) is 18.7. The van der Waals surface area contributed by atoms with Crippen molar-refractivity contribution < 1.29 is 4.74 Å². The Labute approximate surface area is 173 Å². The van der Waals surface area contributed by atoms with Crippen LogP contribution in [-0.4, -0.2) is 87.4 Å². The number of aliphatic imine (C=N–C) groups is 1. The van der Waals surface area contributed by atoms with E-state index in [2.05, 4.69) is 41.2 Å². The van der Waals surface area contributed by atoms with Crippen LogP contribution in [0.3, 0.4) is 0 Å². The van der Waals surface area contributed by atoms with E-state index < -0.39 is 0 Å². The highest BCUT2D eigenvalue weighted by molar-refractivity contribution is 5.79. The van der Waals surface area contributed by atoms with Crippen molar-refractivity contribution in [1.29, 1.82) is 0 Å². The van der Waals surface area contributed by atoms with Crippen molar-refractivity contribution in [2.75, 3.05) is 65.5 Å². The van der Waals surface area contributed by atoms with Crippen molar-refractivity contribution >= 4 is 5.96 Å². The van der Waals surface area contributed by atoms with E-state index in [0.29, 0.717) is 12.0 Å². The molecule has 1 saturated carbocycles. The van der Waals surface area contributed by atoms with E-state index in [1.807, 2.05) is 0 Å². The molecule has 1 atom stereocenters. The van der Waals surface area contributed by atoms with Crippen molar-refractivity contribution in [2.24, 2.45) is 10.9 Å². The maximum Gasteiger partial charge on any atom is 0.191 e. The highest BCUT2D eigenvalue weighted by atomic mass is 16.5. The van der Waals surface area contributed by atoms with E-state index in [-0.39, 0.29) is 0 Å². The van der Waals surface area contributed by atoms with Gasteiger partial charge in [-0.25, -0.2) is 0 Å². The highest BCUT2D eigenvalue weighted by Crippen LogP contribution is 2.19. The van der Waals surface area contributed by atoms with Crippen molar-refractivity contribution in [3.8, 4) is 0 Å². The largest absolute Gasteiger partial charge is 0.376 e. The Morgan fingerprint density at radius 3 is 2.32 bits per heavy atom. The fraction of sp³-hybridized carbons (Fsp3) is 0.955. The molecule has 1 unspecified atom stereocenters. The number of nitrogens with one attached hydrogen (secondary N) is 2. The zero-order valence-electron chi connectivity index (χ0n) is 18.7. The zero-order chi connectivity index (χ0) is 20.0. The van der Waals surface area contributed by atoms with E-state index in [1.54, 1.807) is 0 Å². The van der Waals surface area contributed by atoms with Gasteiger partial charge in [-0.15, -0.1) is 0 Å². The van der Waals surface area contributed by atoms with Gasteiger partial charge in [0.25, 0.3) is 0 Å². The lowest BCUT2D eigenvalue weighted by atomic mass is 10.1. The molecule has 0 spiro atoms. The number of hydrogen-bond acceptors (Lipinski definition) is 4. The van der Waals surface area contributed by atoms with Gasteiger partial charge < -0.3 is 25.2 Å². The summed E-state index contributed by atoms with van der Waals surface area (Å²) < 4.78 is 6.08. The van der Waals surface area contributed by atoms with Gasteiger partial charge in [0.2, 0.25) is 0 Å². The topological polar surface area (TPSA) is 52.1 Å². The molecule has 2 fully saturated rings. The SMILES string of the molecule is CCNC(=NCC(C)CN1CCN(CC)CC1)NCCOC1CCCCCC1. The quantitative estimate of drug-likeness (QED) is 0.258. The Bertz CT molecular complexity index is 415. The number of likely N-dealkylation sites (N-methyl/N-ethyl adjacent to an activating group) is 1. The average Bonchev–Trinajstić information content (AvgIpc) is 2.98. The highest BCUT2D eigenvalue weighted by Gasteiger charge is 2.17. The molecule has 0 aromatic rings. The third-order valence-corrected chi connectivity index (χ3v) is 5.94. The third-order valence-electron chi connectivity index (χ3n) is 5.94. The van der Waals surface area contributed by atoms with Crippen LogP contribution in [0.4, 0.5) is 0 Å². The summed E-state index contributed by atoms with van der Waals surface area (Å²) in [5.74, 6) is 1.50. The van der Waals surface area contributed by atoms with Crippen LogP contribution in [0.5, 0.6) is 0 Å². The molecule has 0 aromatic carbocycles. The van der Waals surface area contributed by atoms with Gasteiger partial charge in [0.05, 0.1) is 12.7 Å². The number of ether oxygens (including phenoxy) is 1. The third kappa shape index (κ3) is 9.57. The van der Waals surface area contributed by atoms with E-state index in [1.165, 1.54) is 71.2 Å². The molecular formula is C22H45N5O. The van der Waals surface area contributed by atoms with E-state index in [9.17, 15) is 0 Å². The summed E-state index contributed by atoms with van der Waals surface area (Å²) in [4.78, 5) is 9.93. The standard InChI is InChI=1S/C22H45N5O/c1-4-23-22(24-12-17-28-21-10-8-6-7-9-11-21)25-18-20(3)19-27-15-13-26(5-2)14-16-27/h20-21H,4-19H2,1-3H3,(H2,23,24,25). The van der Waals surface area contributed by atoms with Crippen LogP contribution in [0.2, 0.25) is 0 Å². The first kappa shape index (κ1) is 23.4. The summed E-state index contributed by atoms with van der Waals surface area (Å²) in [6, 6.07) is 0. The van der Waals surface area contributed by atoms with Gasteiger partial charge in [-0.2, -0.15) is 0 Å². The molecule has 1 heterocycles. The van der Waals surface area contributed by atoms with Gasteiger partial charge in [0.1, 0.15) is 0 Å². The lowest BCUT2D eigenvalue weighted by Gasteiger charge is -2.35. The number of nitrogens with zero attached hydrogens (tertiary/aromatic N) is 3. The molecule has 1 aliphatic heterocycles. The first-order valence-electron chi connectivity index (χ1n) is 11.8. The predicted octanol–water partition coefficient (Wildman–Crippen LogP) is 2.55. The van der Waals surface area contributed by atoms with Crippen LogP contribution in [0.15, 0.2) is 4.99 Å². The van der Waals surface area contributed by atoms with E-state index in [4.69, 9.17) is 9.73 Å². The number of hydrogen-bond donors (Lipinski definition) is 2. The Balaban J connectivity index is 1.63. The summed E-state index contributed by atoms with van der Waals surface area (Å²) in [7, 11) is 0. The number of guanidine groups is 1. The molecule has 1 saturated heterocycles. The Morgan fingerprint density at radius 1 is 1.00 bits per heavy atom. The second kappa shape index (κ2) is 14.2. The molecule has 2 N–H and O–H groups in total. The Hall–Kier alpha value is -0.850. The Morgan fingerprint density at radius 2 is 1.68 bits per heavy atom. The average molecular weight is 396 g/mol. The molecule has 164 valence electrons. The molecule has 0 amide bonds. The summed E-state index contributed by atoms with van der Waals surface area (Å²) in [5, 5.41) is 6.81. The fourth-order valence-electron chi connectivity index (χ4n) is 4.18. The van der Waals surface area contributed by atoms with Gasteiger partial charge in [-0.3, -0.25) is 4.99 Å². The van der Waals surface area contributed by atoms with Gasteiger partial charge in [0.15, 0.2) is 5.96 Å². The van der Waals surface area contributed by atoms with Crippen LogP contribution >= 0.6 is 0 Å². The van der Waals surface area contributed by atoms with Gasteiger partial charge in [-0.05, 0) is 32.2 Å². The smallest absolute Gasteiger partial charge is 0.191 e. The molecule has 6 nitrogen and oxygen atoms in total. The van der Waals surface area contributed by atoms with Crippen LogP contribution in [-0.2, 0) is 4.74 Å². The minimum absolute atomic E-state index is 0.469. The summed E-state index contributed by atoms with van der Waals surface area (Å²) in [6.07, 6.45) is 8.35. The molecular weight excluding hydrogens is 350 g/mol. The summed E-state index contributed by atoms with van der Waals surface area (Å²) in [5.41, 5.74) is 0. The lowest BCUT2D eigenvalue weighted by molar-refractivity contribution is 0.0468. The maximum atomic E-state index is 6.08.